The second-order valence-electron chi connectivity index (χ2n) is 4.40. The van der Waals surface area contributed by atoms with Crippen molar-refractivity contribution in [2.45, 2.75) is 32.7 Å². The monoisotopic (exact) mass is 225 g/mol. The van der Waals surface area contributed by atoms with Crippen LogP contribution in [0.15, 0.2) is 4.42 Å². The van der Waals surface area contributed by atoms with Crippen molar-refractivity contribution in [3.05, 3.63) is 11.8 Å². The van der Waals surface area contributed by atoms with Crippen LogP contribution in [0.4, 0.5) is 0 Å². The molecule has 2 atom stereocenters. The third-order valence-electron chi connectivity index (χ3n) is 3.27. The highest BCUT2D eigenvalue weighted by molar-refractivity contribution is 4.91. The van der Waals surface area contributed by atoms with Gasteiger partial charge < -0.3 is 9.52 Å². The summed E-state index contributed by atoms with van der Waals surface area (Å²) >= 11 is 0. The van der Waals surface area contributed by atoms with E-state index in [0.29, 0.717) is 17.7 Å². The Hall–Kier alpha value is -0.940. The molecule has 1 fully saturated rings. The van der Waals surface area contributed by atoms with Crippen molar-refractivity contribution in [1.29, 1.82) is 0 Å². The minimum atomic E-state index is 0.157. The summed E-state index contributed by atoms with van der Waals surface area (Å²) in [4.78, 5) is 2.29. The van der Waals surface area contributed by atoms with E-state index in [9.17, 15) is 0 Å². The molecule has 1 saturated heterocycles. The van der Waals surface area contributed by atoms with Gasteiger partial charge in [-0.15, -0.1) is 10.2 Å². The zero-order valence-electron chi connectivity index (χ0n) is 9.89. The third kappa shape index (κ3) is 2.25. The zero-order chi connectivity index (χ0) is 11.5. The van der Waals surface area contributed by atoms with E-state index in [1.807, 2.05) is 6.92 Å². The van der Waals surface area contributed by atoms with Crippen LogP contribution in [0.5, 0.6) is 0 Å². The summed E-state index contributed by atoms with van der Waals surface area (Å²) in [5.74, 6) is 1.78. The molecule has 2 unspecified atom stereocenters. The highest BCUT2D eigenvalue weighted by Gasteiger charge is 2.28. The maximum absolute atomic E-state index is 9.10. The van der Waals surface area contributed by atoms with Crippen LogP contribution in [-0.2, 0) is 6.42 Å². The first-order valence-electron chi connectivity index (χ1n) is 5.91. The average Bonchev–Trinajstić information content (AvgIpc) is 2.97. The molecular formula is C11H19N3O2. The fraction of sp³-hybridized carbons (Fsp3) is 0.818. The van der Waals surface area contributed by atoms with E-state index in [2.05, 4.69) is 22.0 Å². The predicted octanol–water partition coefficient (Wildman–Crippen LogP) is 1.01. The Morgan fingerprint density at radius 3 is 2.94 bits per heavy atom. The van der Waals surface area contributed by atoms with E-state index in [1.165, 1.54) is 0 Å². The molecule has 0 radical (unpaired) electrons. The lowest BCUT2D eigenvalue weighted by Gasteiger charge is -2.20. The number of likely N-dealkylation sites (tertiary alicyclic amines) is 1. The van der Waals surface area contributed by atoms with Crippen LogP contribution in [-0.4, -0.2) is 39.9 Å². The molecule has 2 rings (SSSR count). The largest absolute Gasteiger partial charge is 0.424 e. The predicted molar refractivity (Wildman–Crippen MR) is 58.9 cm³/mol. The lowest BCUT2D eigenvalue weighted by Crippen LogP contribution is -2.25. The number of hydrogen-bond acceptors (Lipinski definition) is 5. The van der Waals surface area contributed by atoms with Gasteiger partial charge in [0.2, 0.25) is 11.8 Å². The molecule has 1 aromatic rings. The van der Waals surface area contributed by atoms with Gasteiger partial charge in [0.1, 0.15) is 0 Å². The number of aryl methyl sites for hydroxylation is 1. The highest BCUT2D eigenvalue weighted by atomic mass is 16.4. The van der Waals surface area contributed by atoms with Gasteiger partial charge in [-0.3, -0.25) is 4.90 Å². The lowest BCUT2D eigenvalue weighted by atomic mass is 10.1. The Morgan fingerprint density at radius 1 is 1.56 bits per heavy atom. The first-order chi connectivity index (χ1) is 7.74. The number of hydrogen-bond donors (Lipinski definition) is 1. The fourth-order valence-electron chi connectivity index (χ4n) is 2.10. The van der Waals surface area contributed by atoms with Gasteiger partial charge in [-0.1, -0.05) is 6.92 Å². The van der Waals surface area contributed by atoms with E-state index in [1.54, 1.807) is 0 Å². The summed E-state index contributed by atoms with van der Waals surface area (Å²) in [5.41, 5.74) is 0. The van der Waals surface area contributed by atoms with Crippen LogP contribution in [0.2, 0.25) is 0 Å². The summed E-state index contributed by atoms with van der Waals surface area (Å²) in [6.45, 7) is 6.26. The SMILES string of the molecule is CCc1nnc(C(C)N2CCC(CO)C2)o1. The Bertz CT molecular complexity index is 340. The number of aromatic nitrogens is 2. The molecule has 1 N–H and O–H groups in total. The van der Waals surface area contributed by atoms with Crippen molar-refractivity contribution in [2.75, 3.05) is 19.7 Å². The molecule has 0 amide bonds. The van der Waals surface area contributed by atoms with Gasteiger partial charge in [0.25, 0.3) is 0 Å². The van der Waals surface area contributed by atoms with Gasteiger partial charge in [-0.05, 0) is 25.8 Å². The standard InChI is InChI=1S/C11H19N3O2/c1-3-10-12-13-11(16-10)8(2)14-5-4-9(6-14)7-15/h8-9,15H,3-7H2,1-2H3. The summed E-state index contributed by atoms with van der Waals surface area (Å²) < 4.78 is 5.55. The molecule has 0 spiro atoms. The summed E-state index contributed by atoms with van der Waals surface area (Å²) in [6.07, 6.45) is 1.83. The van der Waals surface area contributed by atoms with E-state index in [4.69, 9.17) is 9.52 Å². The second-order valence-corrected chi connectivity index (χ2v) is 4.40. The molecular weight excluding hydrogens is 206 g/mol. The molecule has 1 aromatic heterocycles. The normalized spacial score (nSPS) is 23.8. The van der Waals surface area contributed by atoms with Crippen molar-refractivity contribution in [3.63, 3.8) is 0 Å². The van der Waals surface area contributed by atoms with Gasteiger partial charge in [0, 0.05) is 19.6 Å². The summed E-state index contributed by atoms with van der Waals surface area (Å²) in [5, 5.41) is 17.1. The molecule has 5 heteroatoms. The fourth-order valence-corrected chi connectivity index (χ4v) is 2.10. The van der Waals surface area contributed by atoms with Crippen LogP contribution in [0.1, 0.15) is 38.1 Å². The van der Waals surface area contributed by atoms with Crippen molar-refractivity contribution in [2.24, 2.45) is 5.92 Å². The van der Waals surface area contributed by atoms with Gasteiger partial charge in [-0.25, -0.2) is 0 Å². The van der Waals surface area contributed by atoms with E-state index < -0.39 is 0 Å². The molecule has 0 aromatic carbocycles. The van der Waals surface area contributed by atoms with Gasteiger partial charge in [0.15, 0.2) is 0 Å². The Kier molecular flexibility index (Phi) is 3.56. The molecule has 0 aliphatic carbocycles. The number of rotatable bonds is 4. The van der Waals surface area contributed by atoms with Gasteiger partial charge >= 0.3 is 0 Å². The third-order valence-corrected chi connectivity index (χ3v) is 3.27. The van der Waals surface area contributed by atoms with Crippen LogP contribution in [0.25, 0.3) is 0 Å². The molecule has 16 heavy (non-hydrogen) atoms. The molecule has 5 nitrogen and oxygen atoms in total. The topological polar surface area (TPSA) is 62.4 Å². The average molecular weight is 225 g/mol. The first-order valence-corrected chi connectivity index (χ1v) is 5.91. The minimum absolute atomic E-state index is 0.157. The van der Waals surface area contributed by atoms with E-state index in [-0.39, 0.29) is 12.6 Å². The van der Waals surface area contributed by atoms with Gasteiger partial charge in [0.05, 0.1) is 6.04 Å². The summed E-state index contributed by atoms with van der Waals surface area (Å²) in [7, 11) is 0. The quantitative estimate of drug-likeness (QED) is 0.828. The van der Waals surface area contributed by atoms with Crippen LogP contribution in [0.3, 0.4) is 0 Å². The Labute approximate surface area is 95.5 Å². The van der Waals surface area contributed by atoms with Crippen molar-refractivity contribution in [1.82, 2.24) is 15.1 Å². The Balaban J connectivity index is 1.99. The smallest absolute Gasteiger partial charge is 0.233 e. The van der Waals surface area contributed by atoms with E-state index >= 15 is 0 Å². The van der Waals surface area contributed by atoms with Crippen molar-refractivity contribution < 1.29 is 9.52 Å². The Morgan fingerprint density at radius 2 is 2.38 bits per heavy atom. The van der Waals surface area contributed by atoms with Crippen LogP contribution in [0, 0.1) is 5.92 Å². The number of aliphatic hydroxyl groups is 1. The maximum Gasteiger partial charge on any atom is 0.233 e. The molecule has 0 saturated carbocycles. The molecule has 90 valence electrons. The van der Waals surface area contributed by atoms with E-state index in [0.717, 1.165) is 25.9 Å². The summed E-state index contributed by atoms with van der Waals surface area (Å²) in [6, 6.07) is 0.157. The van der Waals surface area contributed by atoms with Crippen LogP contribution >= 0.6 is 0 Å². The van der Waals surface area contributed by atoms with Crippen LogP contribution < -0.4 is 0 Å². The maximum atomic E-state index is 9.10. The first kappa shape index (κ1) is 11.5. The number of aliphatic hydroxyl groups excluding tert-OH is 1. The molecule has 2 heterocycles. The highest BCUT2D eigenvalue weighted by Crippen LogP contribution is 2.26. The minimum Gasteiger partial charge on any atom is -0.424 e. The second kappa shape index (κ2) is 4.93. The van der Waals surface area contributed by atoms with Gasteiger partial charge in [-0.2, -0.15) is 0 Å². The van der Waals surface area contributed by atoms with Crippen molar-refractivity contribution in [3.8, 4) is 0 Å². The molecule has 0 bridgehead atoms. The molecule has 1 aliphatic heterocycles. The molecule has 1 aliphatic rings. The zero-order valence-corrected chi connectivity index (χ0v) is 9.89. The number of nitrogens with zero attached hydrogens (tertiary/aromatic N) is 3. The van der Waals surface area contributed by atoms with Crippen molar-refractivity contribution >= 4 is 0 Å². The lowest BCUT2D eigenvalue weighted by molar-refractivity contribution is 0.188.